The van der Waals surface area contributed by atoms with Crippen LogP contribution in [0.4, 0.5) is 9.80 Å². The number of aromatic nitrogens is 2. The molecular weight excluding hydrogens is 503 g/mol. The molecule has 0 atom stereocenters. The van der Waals surface area contributed by atoms with Gasteiger partial charge < -0.3 is 0 Å². The maximum atomic E-state index is 11.9. The van der Waals surface area contributed by atoms with Gasteiger partial charge in [-0.15, -0.1) is 0 Å². The zero-order chi connectivity index (χ0) is 16.6. The Bertz CT molecular complexity index is 864. The van der Waals surface area contributed by atoms with E-state index in [0.717, 1.165) is 26.5 Å². The number of nitrogens with one attached hydrogen (secondary N) is 1. The molecule has 116 valence electrons. The van der Waals surface area contributed by atoms with Crippen LogP contribution in [-0.4, -0.2) is 45.1 Å². The molecule has 0 aliphatic rings. The van der Waals surface area contributed by atoms with Gasteiger partial charge in [0.25, 0.3) is 0 Å². The van der Waals surface area contributed by atoms with E-state index in [2.05, 4.69) is 24.9 Å². The van der Waals surface area contributed by atoms with Crippen molar-refractivity contribution >= 4 is 59.5 Å². The van der Waals surface area contributed by atoms with Crippen LogP contribution in [-0.2, 0) is 4.74 Å². The number of hydrogen-bond donors (Lipinski definition) is 1. The molecule has 0 aliphatic heterocycles. The van der Waals surface area contributed by atoms with Gasteiger partial charge in [-0.05, 0) is 0 Å². The van der Waals surface area contributed by atoms with Crippen molar-refractivity contribution in [2.45, 2.75) is 26.4 Å². The van der Waals surface area contributed by atoms with Gasteiger partial charge >= 0.3 is 155 Å². The van der Waals surface area contributed by atoms with Crippen LogP contribution >= 0.6 is 11.3 Å². The number of amides is 1. The Morgan fingerprint density at radius 3 is 2.83 bits per heavy atom. The molecule has 3 aromatic heterocycles. The zero-order valence-corrected chi connectivity index (χ0v) is 18.5. The average Bonchev–Trinajstić information content (AvgIpc) is 3.04. The first-order valence-electron chi connectivity index (χ1n) is 7.15. The summed E-state index contributed by atoms with van der Waals surface area (Å²) in [6.07, 6.45) is 3.47. The number of thiophene rings is 1. The van der Waals surface area contributed by atoms with Gasteiger partial charge in [-0.1, -0.05) is 0 Å². The quantitative estimate of drug-likeness (QED) is 0.521. The minimum absolute atomic E-state index is 0.433. The fourth-order valence-corrected chi connectivity index (χ4v) is 4.29. The molecule has 0 unspecified atom stereocenters. The Morgan fingerprint density at radius 2 is 2.09 bits per heavy atom. The Balaban J connectivity index is 1.85. The summed E-state index contributed by atoms with van der Waals surface area (Å²) in [5.74, 6) is 0. The molecule has 7 heteroatoms. The van der Waals surface area contributed by atoms with Gasteiger partial charge in [0.2, 0.25) is 0 Å². The summed E-state index contributed by atoms with van der Waals surface area (Å²) < 4.78 is 7.44. The fraction of sp³-hybridized carbons (Fsp3) is 0.250. The number of rotatable bonds is 2. The van der Waals surface area contributed by atoms with E-state index in [-0.39, 0.29) is 0 Å². The number of hydrogen-bond acceptors (Lipinski definition) is 4. The van der Waals surface area contributed by atoms with Gasteiger partial charge in [-0.3, -0.25) is 0 Å². The molecule has 0 saturated carbocycles. The van der Waals surface area contributed by atoms with Crippen LogP contribution in [0.15, 0.2) is 36.7 Å². The number of fused-ring (bicyclic) bond motifs is 1. The average molecular weight is 519 g/mol. The Kier molecular flexibility index (Phi) is 4.46. The van der Waals surface area contributed by atoms with Gasteiger partial charge in [0.15, 0.2) is 0 Å². The van der Waals surface area contributed by atoms with E-state index >= 15 is 0 Å². The van der Waals surface area contributed by atoms with Crippen LogP contribution in [0.2, 0.25) is 0 Å². The van der Waals surface area contributed by atoms with Crippen molar-refractivity contribution in [3.8, 4) is 10.4 Å². The van der Waals surface area contributed by atoms with Crippen molar-refractivity contribution in [1.29, 1.82) is 0 Å². The maximum absolute atomic E-state index is 11.9. The van der Waals surface area contributed by atoms with Crippen molar-refractivity contribution in [3.05, 3.63) is 36.7 Å². The molecule has 1 N–H and O–H groups in total. The summed E-state index contributed by atoms with van der Waals surface area (Å²) in [6, 6.07) is 8.02. The number of carbonyl (C=O) groups is 1. The SMILES string of the molecule is CC(C)(C)OC(=O)Nc1ccc(-c2ccnc3c2cc[n]3[Tl])s1. The van der Waals surface area contributed by atoms with Crippen LogP contribution < -0.4 is 5.32 Å². The van der Waals surface area contributed by atoms with Crippen molar-refractivity contribution in [2.75, 3.05) is 5.32 Å². The first-order valence-corrected chi connectivity index (χ1v) is 9.97. The number of carbonyl (C=O) groups excluding carboxylic acids is 1. The molecule has 23 heavy (non-hydrogen) atoms. The molecule has 0 saturated heterocycles. The summed E-state index contributed by atoms with van der Waals surface area (Å²) in [6.45, 7) is 5.54. The molecule has 1 amide bonds. The third kappa shape index (κ3) is 3.74. The molecular formula is C16H16N3O2STl. The van der Waals surface area contributed by atoms with E-state index in [9.17, 15) is 4.79 Å². The first-order chi connectivity index (χ1) is 10.8. The number of ether oxygens (including phenoxy) is 1. The van der Waals surface area contributed by atoms with Gasteiger partial charge in [-0.25, -0.2) is 0 Å². The second-order valence-electron chi connectivity index (χ2n) is 6.11. The predicted molar refractivity (Wildman–Crippen MR) is 94.1 cm³/mol. The third-order valence-corrected chi connectivity index (χ3v) is 5.76. The van der Waals surface area contributed by atoms with E-state index in [1.54, 1.807) is 0 Å². The molecule has 0 radical (unpaired) electrons. The van der Waals surface area contributed by atoms with Crippen molar-refractivity contribution in [3.63, 3.8) is 0 Å². The molecule has 3 aromatic rings. The molecule has 0 aliphatic carbocycles. The van der Waals surface area contributed by atoms with Crippen molar-refractivity contribution < 1.29 is 9.53 Å². The second kappa shape index (κ2) is 6.23. The molecule has 0 aromatic carbocycles. The fourth-order valence-electron chi connectivity index (χ4n) is 2.23. The second-order valence-corrected chi connectivity index (χ2v) is 9.36. The van der Waals surface area contributed by atoms with E-state index in [0.29, 0.717) is 26.1 Å². The van der Waals surface area contributed by atoms with E-state index in [4.69, 9.17) is 4.74 Å². The van der Waals surface area contributed by atoms with Gasteiger partial charge in [0.05, 0.1) is 0 Å². The van der Waals surface area contributed by atoms with Crippen LogP contribution in [0.5, 0.6) is 0 Å². The predicted octanol–water partition coefficient (Wildman–Crippen LogP) is 4.04. The minimum atomic E-state index is -0.504. The van der Waals surface area contributed by atoms with Gasteiger partial charge in [0.1, 0.15) is 0 Å². The number of pyridine rings is 1. The monoisotopic (exact) mass is 519 g/mol. The molecule has 5 nitrogen and oxygen atoms in total. The van der Waals surface area contributed by atoms with E-state index in [1.807, 2.05) is 45.2 Å². The van der Waals surface area contributed by atoms with Crippen molar-refractivity contribution in [1.82, 2.24) is 7.36 Å². The molecule has 0 bridgehead atoms. The topological polar surface area (TPSA) is 56.1 Å². The Hall–Kier alpha value is -1.42. The summed E-state index contributed by atoms with van der Waals surface area (Å²) >= 11 is 2.22. The first kappa shape index (κ1) is 16.4. The normalized spacial score (nSPS) is 11.6. The third-order valence-electron chi connectivity index (χ3n) is 3.11. The molecule has 3 heterocycles. The summed E-state index contributed by atoms with van der Waals surface area (Å²) in [5, 5.41) is 4.70. The standard InChI is InChI=1S/C16H17N3O2S.Tl/c1-16(2,3)21-15(20)19-13-5-4-12(22-13)10-6-8-17-14-11(10)7-9-18-14;/h4-9H,1-3H3,(H2,17,18,19,20);/q;+1/p-1. The van der Waals surface area contributed by atoms with Gasteiger partial charge in [0, 0.05) is 0 Å². The number of anilines is 1. The number of nitrogens with zero attached hydrogens (tertiary/aromatic N) is 2. The van der Waals surface area contributed by atoms with E-state index < -0.39 is 11.7 Å². The Morgan fingerprint density at radius 1 is 1.30 bits per heavy atom. The molecule has 3 rings (SSSR count). The van der Waals surface area contributed by atoms with Crippen LogP contribution in [0.1, 0.15) is 20.8 Å². The zero-order valence-electron chi connectivity index (χ0n) is 13.2. The van der Waals surface area contributed by atoms with E-state index in [1.165, 1.54) is 11.3 Å². The van der Waals surface area contributed by atoms with Gasteiger partial charge in [-0.2, -0.15) is 0 Å². The van der Waals surface area contributed by atoms with Crippen LogP contribution in [0.25, 0.3) is 21.5 Å². The summed E-state index contributed by atoms with van der Waals surface area (Å²) in [5.41, 5.74) is 1.65. The molecule has 0 spiro atoms. The van der Waals surface area contributed by atoms with Crippen LogP contribution in [0, 0.1) is 0 Å². The molecule has 0 fully saturated rings. The Labute approximate surface area is 154 Å². The van der Waals surface area contributed by atoms with Crippen LogP contribution in [0.3, 0.4) is 0 Å². The summed E-state index contributed by atoms with van der Waals surface area (Å²) in [7, 11) is 0. The van der Waals surface area contributed by atoms with Crippen molar-refractivity contribution in [2.24, 2.45) is 0 Å². The summed E-state index contributed by atoms with van der Waals surface area (Å²) in [4.78, 5) is 17.4.